The average molecular weight is 285 g/mol. The van der Waals surface area contributed by atoms with E-state index in [4.69, 9.17) is 10.8 Å². The third-order valence-electron chi connectivity index (χ3n) is 3.81. The molecule has 0 saturated carbocycles. The SMILES string of the molecule is NC(=O)c1cc2ccccc2nc1N1CCC(C(=O)O)C1. The molecule has 1 fully saturated rings. The lowest BCUT2D eigenvalue weighted by atomic mass is 10.1. The maximum absolute atomic E-state index is 11.7. The van der Waals surface area contributed by atoms with Gasteiger partial charge in [0.2, 0.25) is 0 Å². The van der Waals surface area contributed by atoms with Crippen molar-refractivity contribution in [1.82, 2.24) is 4.98 Å². The predicted molar refractivity (Wildman–Crippen MR) is 78.2 cm³/mol. The minimum atomic E-state index is -0.820. The molecular formula is C15H15N3O3. The Kier molecular flexibility index (Phi) is 3.21. The number of anilines is 1. The van der Waals surface area contributed by atoms with Gasteiger partial charge in [0, 0.05) is 18.5 Å². The lowest BCUT2D eigenvalue weighted by Crippen LogP contribution is -2.27. The topological polar surface area (TPSA) is 96.5 Å². The molecule has 0 spiro atoms. The number of amides is 1. The third kappa shape index (κ3) is 2.40. The van der Waals surface area contributed by atoms with Gasteiger partial charge in [-0.15, -0.1) is 0 Å². The summed E-state index contributed by atoms with van der Waals surface area (Å²) in [5, 5.41) is 9.93. The lowest BCUT2D eigenvalue weighted by molar-refractivity contribution is -0.140. The first kappa shape index (κ1) is 13.4. The van der Waals surface area contributed by atoms with Crippen molar-refractivity contribution in [2.75, 3.05) is 18.0 Å². The summed E-state index contributed by atoms with van der Waals surface area (Å²) >= 11 is 0. The first-order valence-electron chi connectivity index (χ1n) is 6.73. The van der Waals surface area contributed by atoms with Crippen LogP contribution >= 0.6 is 0 Å². The van der Waals surface area contributed by atoms with Crippen LogP contribution in [0, 0.1) is 5.92 Å². The first-order valence-corrected chi connectivity index (χ1v) is 6.73. The van der Waals surface area contributed by atoms with Gasteiger partial charge in [-0.1, -0.05) is 18.2 Å². The summed E-state index contributed by atoms with van der Waals surface area (Å²) in [5.74, 6) is -1.33. The molecular weight excluding hydrogens is 270 g/mol. The number of aliphatic carboxylic acids is 1. The largest absolute Gasteiger partial charge is 0.481 e. The molecule has 108 valence electrons. The van der Waals surface area contributed by atoms with E-state index in [0.29, 0.717) is 30.9 Å². The fourth-order valence-electron chi connectivity index (χ4n) is 2.68. The Labute approximate surface area is 121 Å². The van der Waals surface area contributed by atoms with Gasteiger partial charge in [-0.25, -0.2) is 4.98 Å². The number of hydrogen-bond acceptors (Lipinski definition) is 4. The third-order valence-corrected chi connectivity index (χ3v) is 3.81. The number of carboxylic acids is 1. The number of pyridine rings is 1. The molecule has 1 atom stereocenters. The van der Waals surface area contributed by atoms with Gasteiger partial charge in [-0.05, 0) is 18.6 Å². The van der Waals surface area contributed by atoms with Crippen LogP contribution in [0.25, 0.3) is 10.9 Å². The molecule has 1 unspecified atom stereocenters. The standard InChI is InChI=1S/C15H15N3O3/c16-13(19)11-7-9-3-1-2-4-12(9)17-14(11)18-6-5-10(8-18)15(20)21/h1-4,7,10H,5-6,8H2,(H2,16,19)(H,20,21). The van der Waals surface area contributed by atoms with Gasteiger partial charge < -0.3 is 15.7 Å². The molecule has 0 bridgehead atoms. The molecule has 0 aliphatic carbocycles. The summed E-state index contributed by atoms with van der Waals surface area (Å²) in [6.07, 6.45) is 0.544. The summed E-state index contributed by atoms with van der Waals surface area (Å²) in [6.45, 7) is 0.906. The maximum atomic E-state index is 11.7. The number of primary amides is 1. The zero-order valence-electron chi connectivity index (χ0n) is 11.3. The van der Waals surface area contributed by atoms with Gasteiger partial charge in [-0.3, -0.25) is 9.59 Å². The molecule has 2 heterocycles. The number of nitrogens with zero attached hydrogens (tertiary/aromatic N) is 2. The van der Waals surface area contributed by atoms with E-state index < -0.39 is 17.8 Å². The van der Waals surface area contributed by atoms with Crippen molar-refractivity contribution in [1.29, 1.82) is 0 Å². The highest BCUT2D eigenvalue weighted by molar-refractivity contribution is 6.01. The second-order valence-corrected chi connectivity index (χ2v) is 5.19. The fraction of sp³-hybridized carbons (Fsp3) is 0.267. The minimum absolute atomic E-state index is 0.333. The zero-order valence-corrected chi connectivity index (χ0v) is 11.3. The Morgan fingerprint density at radius 2 is 2.10 bits per heavy atom. The molecule has 3 rings (SSSR count). The van der Waals surface area contributed by atoms with E-state index in [1.54, 1.807) is 6.07 Å². The van der Waals surface area contributed by atoms with Crippen LogP contribution in [0.1, 0.15) is 16.8 Å². The number of fused-ring (bicyclic) bond motifs is 1. The molecule has 21 heavy (non-hydrogen) atoms. The summed E-state index contributed by atoms with van der Waals surface area (Å²) in [7, 11) is 0. The number of benzene rings is 1. The van der Waals surface area contributed by atoms with Crippen LogP contribution in [0.15, 0.2) is 30.3 Å². The summed E-state index contributed by atoms with van der Waals surface area (Å²) in [5.41, 5.74) is 6.54. The van der Waals surface area contributed by atoms with Crippen LogP contribution in [-0.2, 0) is 4.79 Å². The number of aromatic nitrogens is 1. The van der Waals surface area contributed by atoms with E-state index in [-0.39, 0.29) is 0 Å². The number of carbonyl (C=O) groups excluding carboxylic acids is 1. The number of nitrogens with two attached hydrogens (primary N) is 1. The van der Waals surface area contributed by atoms with Crippen LogP contribution in [0.3, 0.4) is 0 Å². The van der Waals surface area contributed by atoms with Crippen LogP contribution in [0.2, 0.25) is 0 Å². The Bertz CT molecular complexity index is 729. The molecule has 2 aromatic rings. The second-order valence-electron chi connectivity index (χ2n) is 5.19. The van der Waals surface area contributed by atoms with Crippen molar-refractivity contribution in [2.24, 2.45) is 11.7 Å². The van der Waals surface area contributed by atoms with Crippen molar-refractivity contribution >= 4 is 28.6 Å². The van der Waals surface area contributed by atoms with Gasteiger partial charge in [0.25, 0.3) is 5.91 Å². The summed E-state index contributed by atoms with van der Waals surface area (Å²) in [4.78, 5) is 29.1. The number of para-hydroxylation sites is 1. The second kappa shape index (κ2) is 5.05. The Balaban J connectivity index is 2.06. The molecule has 6 heteroatoms. The van der Waals surface area contributed by atoms with E-state index in [1.807, 2.05) is 29.2 Å². The monoisotopic (exact) mass is 285 g/mol. The van der Waals surface area contributed by atoms with Crippen molar-refractivity contribution < 1.29 is 14.7 Å². The van der Waals surface area contributed by atoms with Crippen LogP contribution in [0.4, 0.5) is 5.82 Å². The maximum Gasteiger partial charge on any atom is 0.308 e. The van der Waals surface area contributed by atoms with E-state index in [9.17, 15) is 9.59 Å². The predicted octanol–water partition coefficient (Wildman–Crippen LogP) is 1.24. The van der Waals surface area contributed by atoms with E-state index >= 15 is 0 Å². The van der Waals surface area contributed by atoms with Crippen LogP contribution < -0.4 is 10.6 Å². The Morgan fingerprint density at radius 1 is 1.33 bits per heavy atom. The van der Waals surface area contributed by atoms with E-state index in [0.717, 1.165) is 10.9 Å². The Hall–Kier alpha value is -2.63. The number of carbonyl (C=O) groups is 2. The van der Waals surface area contributed by atoms with Crippen molar-refractivity contribution in [3.63, 3.8) is 0 Å². The first-order chi connectivity index (χ1) is 10.1. The van der Waals surface area contributed by atoms with Crippen molar-refractivity contribution in [2.45, 2.75) is 6.42 Å². The molecule has 1 aromatic heterocycles. The molecule has 3 N–H and O–H groups in total. The number of hydrogen-bond donors (Lipinski definition) is 2. The molecule has 1 saturated heterocycles. The highest BCUT2D eigenvalue weighted by Crippen LogP contribution is 2.28. The Morgan fingerprint density at radius 3 is 2.76 bits per heavy atom. The molecule has 1 amide bonds. The minimum Gasteiger partial charge on any atom is -0.481 e. The van der Waals surface area contributed by atoms with Crippen LogP contribution in [0.5, 0.6) is 0 Å². The molecule has 0 radical (unpaired) electrons. The average Bonchev–Trinajstić information content (AvgIpc) is 2.95. The molecule has 1 aliphatic heterocycles. The molecule has 1 aliphatic rings. The quantitative estimate of drug-likeness (QED) is 0.884. The van der Waals surface area contributed by atoms with Gasteiger partial charge >= 0.3 is 5.97 Å². The highest BCUT2D eigenvalue weighted by Gasteiger charge is 2.30. The molecule has 1 aromatic carbocycles. The fourth-order valence-corrected chi connectivity index (χ4v) is 2.68. The number of rotatable bonds is 3. The van der Waals surface area contributed by atoms with E-state index in [1.165, 1.54) is 0 Å². The van der Waals surface area contributed by atoms with Gasteiger partial charge in [-0.2, -0.15) is 0 Å². The molecule has 6 nitrogen and oxygen atoms in total. The number of carboxylic acid groups (broad SMARTS) is 1. The lowest BCUT2D eigenvalue weighted by Gasteiger charge is -2.20. The normalized spacial score (nSPS) is 18.1. The summed E-state index contributed by atoms with van der Waals surface area (Å²) < 4.78 is 0. The highest BCUT2D eigenvalue weighted by atomic mass is 16.4. The van der Waals surface area contributed by atoms with Crippen LogP contribution in [-0.4, -0.2) is 35.1 Å². The van der Waals surface area contributed by atoms with Gasteiger partial charge in [0.1, 0.15) is 5.82 Å². The van der Waals surface area contributed by atoms with Gasteiger partial charge in [0.05, 0.1) is 17.0 Å². The van der Waals surface area contributed by atoms with Gasteiger partial charge in [0.15, 0.2) is 0 Å². The van der Waals surface area contributed by atoms with E-state index in [2.05, 4.69) is 4.98 Å². The van der Waals surface area contributed by atoms with Crippen molar-refractivity contribution in [3.8, 4) is 0 Å². The zero-order chi connectivity index (χ0) is 15.0. The van der Waals surface area contributed by atoms with Crippen molar-refractivity contribution in [3.05, 3.63) is 35.9 Å². The smallest absolute Gasteiger partial charge is 0.308 e. The summed E-state index contributed by atoms with van der Waals surface area (Å²) in [6, 6.07) is 9.17.